The summed E-state index contributed by atoms with van der Waals surface area (Å²) in [6, 6.07) is 1.75. The van der Waals surface area contributed by atoms with Gasteiger partial charge in [0.1, 0.15) is 16.9 Å². The zero-order valence-corrected chi connectivity index (χ0v) is 29.3. The third-order valence-electron chi connectivity index (χ3n) is 9.18. The van der Waals surface area contributed by atoms with Crippen LogP contribution in [0.4, 0.5) is 15.0 Å². The van der Waals surface area contributed by atoms with Gasteiger partial charge < -0.3 is 18.8 Å². The Morgan fingerprint density at radius 3 is 2.29 bits per heavy atom. The molecule has 5 rings (SSSR count). The van der Waals surface area contributed by atoms with Crippen LogP contribution >= 0.6 is 27.5 Å². The maximum Gasteiger partial charge on any atom is 0.410 e. The van der Waals surface area contributed by atoms with Crippen LogP contribution in [0.5, 0.6) is 6.01 Å². The van der Waals surface area contributed by atoms with Crippen molar-refractivity contribution in [3.63, 3.8) is 0 Å². The second kappa shape index (κ2) is 11.0. The van der Waals surface area contributed by atoms with Gasteiger partial charge in [-0.1, -0.05) is 32.4 Å². The quantitative estimate of drug-likeness (QED) is 0.216. The van der Waals surface area contributed by atoms with Crippen molar-refractivity contribution >= 4 is 58.7 Å². The van der Waals surface area contributed by atoms with Crippen molar-refractivity contribution in [2.75, 3.05) is 31.2 Å². The SMILES string of the molecule is CC(C)(C)OC(=O)N1C2CCC1CN(c1nc(OCC3(CO[Si](C)(C)C(C)(C)C)CC3)nc3c(F)c(Br)c(Cl)cc13)C2. The third kappa shape index (κ3) is 6.40. The van der Waals surface area contributed by atoms with Gasteiger partial charge in [-0.05, 0) is 86.6 Å². The molecule has 3 heterocycles. The lowest BCUT2D eigenvalue weighted by Gasteiger charge is -2.42. The maximum atomic E-state index is 15.5. The van der Waals surface area contributed by atoms with Gasteiger partial charge in [0, 0.05) is 30.5 Å². The van der Waals surface area contributed by atoms with Crippen LogP contribution in [0.25, 0.3) is 10.9 Å². The molecule has 3 aliphatic rings. The smallest absolute Gasteiger partial charge is 0.410 e. The fourth-order valence-corrected chi connectivity index (χ4v) is 7.00. The van der Waals surface area contributed by atoms with E-state index in [1.807, 2.05) is 25.7 Å². The van der Waals surface area contributed by atoms with E-state index < -0.39 is 19.7 Å². The van der Waals surface area contributed by atoms with E-state index in [4.69, 9.17) is 30.5 Å². The van der Waals surface area contributed by atoms with Gasteiger partial charge in [-0.2, -0.15) is 9.97 Å². The van der Waals surface area contributed by atoms with Gasteiger partial charge >= 0.3 is 12.1 Å². The van der Waals surface area contributed by atoms with Crippen molar-refractivity contribution in [3.05, 3.63) is 21.4 Å². The molecule has 12 heteroatoms. The summed E-state index contributed by atoms with van der Waals surface area (Å²) >= 11 is 9.67. The Balaban J connectivity index is 1.40. The second-order valence-corrected chi connectivity index (χ2v) is 20.7. The first kappa shape index (κ1) is 31.7. The van der Waals surface area contributed by atoms with Crippen molar-refractivity contribution < 1.29 is 23.1 Å². The fourth-order valence-electron chi connectivity index (χ4n) is 5.41. The summed E-state index contributed by atoms with van der Waals surface area (Å²) in [5, 5.41) is 0.883. The Morgan fingerprint density at radius 1 is 1.12 bits per heavy atom. The predicted octanol–water partition coefficient (Wildman–Crippen LogP) is 7.95. The molecule has 1 aliphatic carbocycles. The molecular formula is C30H43BrClFN4O4Si. The summed E-state index contributed by atoms with van der Waals surface area (Å²) in [5.74, 6) is 0.00941. The van der Waals surface area contributed by atoms with E-state index in [1.165, 1.54) is 0 Å². The van der Waals surface area contributed by atoms with Crippen molar-refractivity contribution in [3.8, 4) is 6.01 Å². The first-order chi connectivity index (χ1) is 19.4. The standard InChI is InChI=1S/C30H43BrClFN4O4Si/c1-28(2,3)41-27(38)37-18-9-10-19(37)15-36(14-18)25-20-13-21(32)22(31)23(33)24(20)34-26(35-25)39-16-30(11-12-30)17-40-42(7,8)29(4,5)6/h13,18-19H,9-12,14-17H2,1-8H3. The highest BCUT2D eigenvalue weighted by atomic mass is 79.9. The number of nitrogens with zero attached hydrogens (tertiary/aromatic N) is 4. The summed E-state index contributed by atoms with van der Waals surface area (Å²) in [6.07, 6.45) is 3.45. The lowest BCUT2D eigenvalue weighted by atomic mass is 10.1. The summed E-state index contributed by atoms with van der Waals surface area (Å²) < 4.78 is 34.2. The number of ether oxygens (including phenoxy) is 2. The molecule has 2 aromatic rings. The van der Waals surface area contributed by atoms with Gasteiger partial charge in [0.15, 0.2) is 14.1 Å². The van der Waals surface area contributed by atoms with Crippen LogP contribution in [0.3, 0.4) is 0 Å². The van der Waals surface area contributed by atoms with Gasteiger partial charge in [-0.15, -0.1) is 0 Å². The number of hydrogen-bond donors (Lipinski definition) is 0. The van der Waals surface area contributed by atoms with Crippen LogP contribution < -0.4 is 9.64 Å². The monoisotopic (exact) mass is 684 g/mol. The first-order valence-electron chi connectivity index (χ1n) is 14.8. The summed E-state index contributed by atoms with van der Waals surface area (Å²) in [6.45, 7) is 19.0. The summed E-state index contributed by atoms with van der Waals surface area (Å²) in [7, 11) is -1.90. The number of piperazine rings is 1. The maximum absolute atomic E-state index is 15.5. The predicted molar refractivity (Wildman–Crippen MR) is 170 cm³/mol. The van der Waals surface area contributed by atoms with Crippen molar-refractivity contribution in [1.82, 2.24) is 14.9 Å². The molecule has 8 nitrogen and oxygen atoms in total. The highest BCUT2D eigenvalue weighted by Gasteiger charge is 2.48. The minimum Gasteiger partial charge on any atom is -0.463 e. The lowest BCUT2D eigenvalue weighted by molar-refractivity contribution is 0.0122. The van der Waals surface area contributed by atoms with Crippen LogP contribution in [0.15, 0.2) is 10.5 Å². The molecule has 42 heavy (non-hydrogen) atoms. The van der Waals surface area contributed by atoms with E-state index in [1.54, 1.807) is 6.07 Å². The fraction of sp³-hybridized carbons (Fsp3) is 0.700. The Labute approximate surface area is 262 Å². The lowest BCUT2D eigenvalue weighted by Crippen LogP contribution is -2.57. The number of rotatable bonds is 7. The molecule has 2 saturated heterocycles. The van der Waals surface area contributed by atoms with Crippen LogP contribution in [0.1, 0.15) is 67.2 Å². The van der Waals surface area contributed by atoms with E-state index in [-0.39, 0.29) is 49.7 Å². The van der Waals surface area contributed by atoms with Gasteiger partial charge in [-0.25, -0.2) is 9.18 Å². The van der Waals surface area contributed by atoms with E-state index in [0.717, 1.165) is 25.7 Å². The summed E-state index contributed by atoms with van der Waals surface area (Å²) in [4.78, 5) is 26.3. The van der Waals surface area contributed by atoms with E-state index in [9.17, 15) is 4.79 Å². The number of benzene rings is 1. The van der Waals surface area contributed by atoms with Gasteiger partial charge in [0.05, 0.1) is 28.2 Å². The molecule has 2 atom stereocenters. The van der Waals surface area contributed by atoms with E-state index in [2.05, 4.69) is 59.7 Å². The third-order valence-corrected chi connectivity index (χ3v) is 15.0. The zero-order chi connectivity index (χ0) is 30.8. The number of anilines is 1. The number of amides is 1. The number of carbonyl (C=O) groups is 1. The van der Waals surface area contributed by atoms with E-state index in [0.29, 0.717) is 37.5 Å². The van der Waals surface area contributed by atoms with Crippen molar-refractivity contribution in [2.24, 2.45) is 5.41 Å². The molecule has 0 spiro atoms. The molecule has 0 N–H and O–H groups in total. The Kier molecular flexibility index (Phi) is 8.33. The topological polar surface area (TPSA) is 77.0 Å². The molecule has 2 unspecified atom stereocenters. The van der Waals surface area contributed by atoms with Gasteiger partial charge in [-0.3, -0.25) is 4.90 Å². The number of carbonyl (C=O) groups excluding carboxylic acids is 1. The first-order valence-corrected chi connectivity index (χ1v) is 18.9. The largest absolute Gasteiger partial charge is 0.463 e. The van der Waals surface area contributed by atoms with Crippen LogP contribution in [-0.4, -0.2) is 73.3 Å². The molecule has 1 saturated carbocycles. The highest BCUT2D eigenvalue weighted by Crippen LogP contribution is 2.48. The number of aromatic nitrogens is 2. The molecule has 3 fully saturated rings. The number of halogens is 3. The second-order valence-electron chi connectivity index (χ2n) is 14.7. The molecule has 2 bridgehead atoms. The molecule has 0 radical (unpaired) electrons. The van der Waals surface area contributed by atoms with Crippen molar-refractivity contribution in [2.45, 2.75) is 103 Å². The molecule has 2 aliphatic heterocycles. The number of hydrogen-bond acceptors (Lipinski definition) is 7. The molecule has 1 aromatic heterocycles. The molecule has 1 amide bonds. The minimum atomic E-state index is -1.90. The Morgan fingerprint density at radius 2 is 1.74 bits per heavy atom. The van der Waals surface area contributed by atoms with Crippen molar-refractivity contribution in [1.29, 1.82) is 0 Å². The number of fused-ring (bicyclic) bond motifs is 3. The Bertz CT molecular complexity index is 1360. The minimum absolute atomic E-state index is 0.0361. The zero-order valence-electron chi connectivity index (χ0n) is 25.9. The normalized spacial score (nSPS) is 22.1. The summed E-state index contributed by atoms with van der Waals surface area (Å²) in [5.41, 5.74) is -0.500. The Hall–Kier alpha value is -1.69. The van der Waals surface area contributed by atoms with Gasteiger partial charge in [0.2, 0.25) is 0 Å². The average Bonchev–Trinajstić information content (AvgIpc) is 3.60. The molecular weight excluding hydrogens is 643 g/mol. The van der Waals surface area contributed by atoms with Crippen LogP contribution in [0.2, 0.25) is 23.2 Å². The average molecular weight is 686 g/mol. The van der Waals surface area contributed by atoms with E-state index >= 15 is 4.39 Å². The highest BCUT2D eigenvalue weighted by molar-refractivity contribution is 9.10. The molecule has 232 valence electrons. The van der Waals surface area contributed by atoms with Crippen LogP contribution in [0, 0.1) is 11.2 Å². The van der Waals surface area contributed by atoms with Crippen LogP contribution in [-0.2, 0) is 9.16 Å². The van der Waals surface area contributed by atoms with Gasteiger partial charge in [0.25, 0.3) is 0 Å². The molecule has 1 aromatic carbocycles.